The minimum atomic E-state index is -3.90. The molecule has 0 aliphatic carbocycles. The van der Waals surface area contributed by atoms with Gasteiger partial charge in [0.2, 0.25) is 5.82 Å². The molecule has 0 unspecified atom stereocenters. The maximum Gasteiger partial charge on any atom is 0.586 e. The third-order valence-electron chi connectivity index (χ3n) is 4.24. The molecule has 0 saturated heterocycles. The van der Waals surface area contributed by atoms with Crippen LogP contribution in [0.4, 0.5) is 14.4 Å². The van der Waals surface area contributed by atoms with Gasteiger partial charge in [-0.2, -0.15) is 0 Å². The largest absolute Gasteiger partial charge is 0.586 e. The number of anilines is 1. The molecule has 2 aromatic carbocycles. The van der Waals surface area contributed by atoms with Crippen LogP contribution in [0.25, 0.3) is 5.57 Å². The zero-order valence-electron chi connectivity index (χ0n) is 12.9. The third-order valence-corrected chi connectivity index (χ3v) is 4.24. The molecule has 2 heterocycles. The highest BCUT2D eigenvalue weighted by Gasteiger charge is 2.49. The van der Waals surface area contributed by atoms with Gasteiger partial charge in [-0.05, 0) is 17.2 Å². The first-order valence-electron chi connectivity index (χ1n) is 7.83. The molecule has 1 aliphatic heterocycles. The zero-order valence-corrected chi connectivity index (χ0v) is 12.9. The van der Waals surface area contributed by atoms with Gasteiger partial charge in [0.25, 0.3) is 0 Å². The van der Waals surface area contributed by atoms with Crippen LogP contribution < -0.4 is 9.79 Å². The molecular formula is C19H15BF2N2. The van der Waals surface area contributed by atoms with Gasteiger partial charge in [0.15, 0.2) is 0 Å². The summed E-state index contributed by atoms with van der Waals surface area (Å²) in [6.45, 7) is -3.90. The van der Waals surface area contributed by atoms with Crippen LogP contribution in [-0.2, 0) is 0 Å². The van der Waals surface area contributed by atoms with Gasteiger partial charge in [0.05, 0.1) is 5.60 Å². The first-order chi connectivity index (χ1) is 11.7. The van der Waals surface area contributed by atoms with Crippen LogP contribution in [0.15, 0.2) is 90.7 Å². The van der Waals surface area contributed by atoms with Crippen LogP contribution in [0.1, 0.15) is 11.1 Å². The van der Waals surface area contributed by atoms with Crippen LogP contribution in [-0.4, -0.2) is 6.84 Å². The Bertz CT molecular complexity index is 867. The first kappa shape index (κ1) is 14.6. The Morgan fingerprint density at radius 3 is 1.83 bits per heavy atom. The van der Waals surface area contributed by atoms with E-state index in [9.17, 15) is 0 Å². The fourth-order valence-electron chi connectivity index (χ4n) is 3.13. The maximum atomic E-state index is 15.1. The molecular weight excluding hydrogens is 305 g/mol. The predicted molar refractivity (Wildman–Crippen MR) is 92.5 cm³/mol. The van der Waals surface area contributed by atoms with Gasteiger partial charge < -0.3 is 13.1 Å². The number of nitrogens with one attached hydrogen (secondary N) is 1. The Balaban J connectivity index is 2.00. The summed E-state index contributed by atoms with van der Waals surface area (Å²) in [4.78, 5) is 0. The van der Waals surface area contributed by atoms with Crippen molar-refractivity contribution >= 4 is 18.2 Å². The summed E-state index contributed by atoms with van der Waals surface area (Å²) in [5, 5.41) is 2.94. The number of aromatic nitrogens is 1. The number of fused-ring (bicyclic) bond motifs is 1. The van der Waals surface area contributed by atoms with Crippen molar-refractivity contribution < 1.29 is 13.1 Å². The summed E-state index contributed by atoms with van der Waals surface area (Å²) in [6, 6.07) is 23.7. The molecule has 3 aromatic rings. The second-order valence-electron chi connectivity index (χ2n) is 5.76. The minimum absolute atomic E-state index is 0.0430. The van der Waals surface area contributed by atoms with E-state index in [4.69, 9.17) is 0 Å². The van der Waals surface area contributed by atoms with Crippen molar-refractivity contribution in [2.45, 2.75) is 0 Å². The average molecular weight is 320 g/mol. The number of benzene rings is 2. The highest BCUT2D eigenvalue weighted by molar-refractivity contribution is 6.68. The Hall–Kier alpha value is -2.95. The molecule has 4 rings (SSSR count). The van der Waals surface area contributed by atoms with Crippen LogP contribution in [0.2, 0.25) is 0 Å². The van der Waals surface area contributed by atoms with Crippen molar-refractivity contribution in [1.29, 1.82) is 0 Å². The third kappa shape index (κ3) is 2.29. The highest BCUT2D eigenvalue weighted by Crippen LogP contribution is 2.35. The predicted octanol–water partition coefficient (Wildman–Crippen LogP) is 4.12. The molecule has 0 spiro atoms. The lowest BCUT2D eigenvalue weighted by molar-refractivity contribution is -0.543. The molecule has 0 radical (unpaired) electrons. The molecule has 5 heteroatoms. The van der Waals surface area contributed by atoms with E-state index in [1.54, 1.807) is 18.2 Å². The van der Waals surface area contributed by atoms with Crippen molar-refractivity contribution in [3.8, 4) is 0 Å². The van der Waals surface area contributed by atoms with Gasteiger partial charge in [0.1, 0.15) is 0 Å². The Morgan fingerprint density at radius 1 is 0.750 bits per heavy atom. The van der Waals surface area contributed by atoms with Gasteiger partial charge in [-0.15, -0.1) is 0 Å². The van der Waals surface area contributed by atoms with Crippen molar-refractivity contribution in [3.05, 3.63) is 102 Å². The zero-order chi connectivity index (χ0) is 16.6. The number of pyridine rings is 1. The van der Waals surface area contributed by atoms with Crippen molar-refractivity contribution in [2.24, 2.45) is 0 Å². The van der Waals surface area contributed by atoms with Gasteiger partial charge in [-0.25, -0.2) is 0 Å². The van der Waals surface area contributed by atoms with E-state index in [1.807, 2.05) is 60.7 Å². The monoisotopic (exact) mass is 320 g/mol. The standard InChI is InChI=1S/C19H15BF2N2/c21-20(22)19(23-17-13-7-8-14-24(17)20)18(15-9-3-1-4-10-15)16-11-5-2-6-12-16/h1-14,23H. The summed E-state index contributed by atoms with van der Waals surface area (Å²) in [5.74, 6) is 0.405. The molecule has 24 heavy (non-hydrogen) atoms. The number of nitrogens with zero attached hydrogens (tertiary/aromatic N) is 1. The molecule has 1 N–H and O–H groups in total. The molecule has 1 aromatic heterocycles. The van der Waals surface area contributed by atoms with Gasteiger partial charge >= 0.3 is 6.84 Å². The second-order valence-corrected chi connectivity index (χ2v) is 5.76. The topological polar surface area (TPSA) is 15.9 Å². The van der Waals surface area contributed by atoms with E-state index in [-0.39, 0.29) is 5.60 Å². The van der Waals surface area contributed by atoms with Crippen LogP contribution >= 0.6 is 0 Å². The van der Waals surface area contributed by atoms with E-state index in [1.165, 1.54) is 6.20 Å². The van der Waals surface area contributed by atoms with E-state index >= 15 is 8.63 Å². The van der Waals surface area contributed by atoms with Gasteiger partial charge in [-0.3, -0.25) is 5.32 Å². The van der Waals surface area contributed by atoms with Crippen LogP contribution in [0.3, 0.4) is 0 Å². The number of hydrogen-bond acceptors (Lipinski definition) is 1. The number of hydrogen-bond donors (Lipinski definition) is 1. The van der Waals surface area contributed by atoms with E-state index in [0.29, 0.717) is 11.4 Å². The van der Waals surface area contributed by atoms with Crippen LogP contribution in [0.5, 0.6) is 0 Å². The average Bonchev–Trinajstić information content (AvgIpc) is 2.89. The summed E-state index contributed by atoms with van der Waals surface area (Å²) >= 11 is 0. The maximum absolute atomic E-state index is 15.1. The Labute approximate surface area is 139 Å². The Kier molecular flexibility index (Phi) is 3.42. The van der Waals surface area contributed by atoms with E-state index < -0.39 is 6.84 Å². The quantitative estimate of drug-likeness (QED) is 0.702. The second kappa shape index (κ2) is 5.60. The summed E-state index contributed by atoms with van der Waals surface area (Å²) < 4.78 is 31.3. The van der Waals surface area contributed by atoms with Gasteiger partial charge in [0, 0.05) is 17.8 Å². The molecule has 1 aliphatic rings. The summed E-state index contributed by atoms with van der Waals surface area (Å²) in [6.07, 6.45) is 1.42. The van der Waals surface area contributed by atoms with Crippen molar-refractivity contribution in [2.75, 3.05) is 5.32 Å². The van der Waals surface area contributed by atoms with Crippen molar-refractivity contribution in [1.82, 2.24) is 0 Å². The fourth-order valence-corrected chi connectivity index (χ4v) is 3.13. The lowest BCUT2D eigenvalue weighted by Gasteiger charge is -2.19. The smallest absolute Gasteiger partial charge is 0.430 e. The summed E-state index contributed by atoms with van der Waals surface area (Å²) in [7, 11) is 0. The number of rotatable bonds is 2. The highest BCUT2D eigenvalue weighted by atomic mass is 19.2. The van der Waals surface area contributed by atoms with E-state index in [0.717, 1.165) is 15.6 Å². The minimum Gasteiger partial charge on any atom is -0.430 e. The number of halogens is 2. The molecule has 2 nitrogen and oxygen atoms in total. The van der Waals surface area contributed by atoms with Gasteiger partial charge in [-0.1, -0.05) is 66.7 Å². The summed E-state index contributed by atoms with van der Waals surface area (Å²) in [5.41, 5.74) is 2.02. The lowest BCUT2D eigenvalue weighted by atomic mass is 9.71. The SMILES string of the molecule is F[B-]1(F)C(=C(c2ccccc2)c2ccccc2)Nc2cccc[n+]21. The molecule has 0 bridgehead atoms. The molecule has 0 amide bonds. The molecule has 118 valence electrons. The van der Waals surface area contributed by atoms with E-state index in [2.05, 4.69) is 5.32 Å². The fraction of sp³-hybridized carbons (Fsp3) is 0. The first-order valence-corrected chi connectivity index (χ1v) is 7.83. The van der Waals surface area contributed by atoms with Crippen molar-refractivity contribution in [3.63, 3.8) is 0 Å². The normalized spacial score (nSPS) is 14.8. The molecule has 0 atom stereocenters. The molecule has 0 saturated carbocycles. The van der Waals surface area contributed by atoms with Crippen LogP contribution in [0, 0.1) is 0 Å². The lowest BCUT2D eigenvalue weighted by Crippen LogP contribution is -2.56. The Morgan fingerprint density at radius 2 is 1.29 bits per heavy atom. The molecule has 0 fully saturated rings.